The van der Waals surface area contributed by atoms with E-state index in [4.69, 9.17) is 0 Å². The van der Waals surface area contributed by atoms with E-state index in [1.807, 2.05) is 0 Å². The molecule has 0 saturated heterocycles. The van der Waals surface area contributed by atoms with E-state index in [0.29, 0.717) is 18.9 Å². The van der Waals surface area contributed by atoms with Gasteiger partial charge in [-0.3, -0.25) is 4.79 Å². The molecule has 1 amide bonds. The second-order valence-corrected chi connectivity index (χ2v) is 7.45. The molecule has 0 radical (unpaired) electrons. The van der Waals surface area contributed by atoms with Crippen LogP contribution in [0.2, 0.25) is 0 Å². The lowest BCUT2D eigenvalue weighted by Gasteiger charge is -2.25. The summed E-state index contributed by atoms with van der Waals surface area (Å²) in [6.07, 6.45) is 4.04. The van der Waals surface area contributed by atoms with Gasteiger partial charge >= 0.3 is 0 Å². The Labute approximate surface area is 132 Å². The minimum absolute atomic E-state index is 0.273. The van der Waals surface area contributed by atoms with Crippen molar-refractivity contribution in [2.45, 2.75) is 31.7 Å². The fourth-order valence-corrected chi connectivity index (χ4v) is 3.77. The highest BCUT2D eigenvalue weighted by molar-refractivity contribution is 7.88. The molecule has 9 heteroatoms. The third-order valence-corrected chi connectivity index (χ3v) is 5.05. The maximum atomic E-state index is 13.5. The van der Waals surface area contributed by atoms with E-state index in [1.54, 1.807) is 0 Å². The van der Waals surface area contributed by atoms with Crippen LogP contribution in [0.1, 0.15) is 25.7 Å². The van der Waals surface area contributed by atoms with Crippen molar-refractivity contribution in [2.75, 3.05) is 18.1 Å². The van der Waals surface area contributed by atoms with Gasteiger partial charge in [0, 0.05) is 6.04 Å². The first-order valence-corrected chi connectivity index (χ1v) is 8.95. The predicted octanol–water partition coefficient (Wildman–Crippen LogP) is 2.25. The van der Waals surface area contributed by atoms with Crippen LogP contribution in [0.4, 0.5) is 18.9 Å². The van der Waals surface area contributed by atoms with Crippen molar-refractivity contribution in [2.24, 2.45) is 0 Å². The number of rotatable bonds is 5. The molecule has 23 heavy (non-hydrogen) atoms. The SMILES string of the molecule is CS(=O)(=O)N(CC(=O)Nc1ccc(F)c(F)c1F)C1CCCC1. The van der Waals surface area contributed by atoms with E-state index in [1.165, 1.54) is 0 Å². The molecule has 2 rings (SSSR count). The molecule has 1 saturated carbocycles. The highest BCUT2D eigenvalue weighted by Gasteiger charge is 2.31. The van der Waals surface area contributed by atoms with Crippen LogP contribution in [0.5, 0.6) is 0 Å². The maximum Gasteiger partial charge on any atom is 0.239 e. The average molecular weight is 350 g/mol. The van der Waals surface area contributed by atoms with Gasteiger partial charge in [-0.05, 0) is 25.0 Å². The fourth-order valence-electron chi connectivity index (χ4n) is 2.66. The largest absolute Gasteiger partial charge is 0.322 e. The predicted molar refractivity (Wildman–Crippen MR) is 78.8 cm³/mol. The first-order chi connectivity index (χ1) is 10.7. The van der Waals surface area contributed by atoms with Gasteiger partial charge in [0.15, 0.2) is 17.5 Å². The smallest absolute Gasteiger partial charge is 0.239 e. The molecular formula is C14H17F3N2O3S. The molecule has 5 nitrogen and oxygen atoms in total. The molecule has 0 aromatic heterocycles. The zero-order valence-corrected chi connectivity index (χ0v) is 13.3. The molecule has 0 unspecified atom stereocenters. The Morgan fingerprint density at radius 3 is 2.39 bits per heavy atom. The molecule has 0 atom stereocenters. The van der Waals surface area contributed by atoms with Gasteiger partial charge < -0.3 is 5.32 Å². The number of carbonyl (C=O) groups is 1. The third kappa shape index (κ3) is 4.23. The number of nitrogens with zero attached hydrogens (tertiary/aromatic N) is 1. The number of carbonyl (C=O) groups excluding carboxylic acids is 1. The Balaban J connectivity index is 2.12. The van der Waals surface area contributed by atoms with Crippen LogP contribution in [-0.4, -0.2) is 37.5 Å². The second-order valence-electron chi connectivity index (χ2n) is 5.52. The Morgan fingerprint density at radius 2 is 1.83 bits per heavy atom. The van der Waals surface area contributed by atoms with Gasteiger partial charge in [-0.2, -0.15) is 4.31 Å². The number of hydrogen-bond donors (Lipinski definition) is 1. The zero-order valence-electron chi connectivity index (χ0n) is 12.5. The van der Waals surface area contributed by atoms with Crippen molar-refractivity contribution >= 4 is 21.6 Å². The van der Waals surface area contributed by atoms with Gasteiger partial charge in [0.1, 0.15) is 0 Å². The number of nitrogens with one attached hydrogen (secondary N) is 1. The molecule has 1 aliphatic rings. The standard InChI is InChI=1S/C14H17F3N2O3S/c1-23(21,22)19(9-4-2-3-5-9)8-12(20)18-11-7-6-10(15)13(16)14(11)17/h6-7,9H,2-5,8H2,1H3,(H,18,20). The average Bonchev–Trinajstić information content (AvgIpc) is 2.98. The molecule has 0 heterocycles. The van der Waals surface area contributed by atoms with E-state index in [-0.39, 0.29) is 6.04 Å². The summed E-state index contributed by atoms with van der Waals surface area (Å²) in [6.45, 7) is -0.498. The van der Waals surface area contributed by atoms with E-state index in [0.717, 1.165) is 29.5 Å². The first kappa shape index (κ1) is 17.7. The quantitative estimate of drug-likeness (QED) is 0.829. The fraction of sp³-hybridized carbons (Fsp3) is 0.500. The summed E-state index contributed by atoms with van der Waals surface area (Å²) in [6, 6.07) is 1.29. The van der Waals surface area contributed by atoms with Gasteiger partial charge in [-0.25, -0.2) is 21.6 Å². The number of hydrogen-bond acceptors (Lipinski definition) is 3. The maximum absolute atomic E-state index is 13.5. The van der Waals surface area contributed by atoms with E-state index < -0.39 is 45.6 Å². The summed E-state index contributed by atoms with van der Waals surface area (Å²) in [7, 11) is -3.62. The van der Waals surface area contributed by atoms with Crippen LogP contribution in [-0.2, 0) is 14.8 Å². The third-order valence-electron chi connectivity index (χ3n) is 3.77. The number of anilines is 1. The molecule has 1 aliphatic carbocycles. The summed E-state index contributed by atoms with van der Waals surface area (Å²) >= 11 is 0. The Kier molecular flexibility index (Phi) is 5.30. The van der Waals surface area contributed by atoms with Crippen molar-refractivity contribution in [3.8, 4) is 0 Å². The van der Waals surface area contributed by atoms with Crippen molar-refractivity contribution < 1.29 is 26.4 Å². The van der Waals surface area contributed by atoms with Crippen LogP contribution >= 0.6 is 0 Å². The van der Waals surface area contributed by atoms with Crippen molar-refractivity contribution in [1.82, 2.24) is 4.31 Å². The lowest BCUT2D eigenvalue weighted by Crippen LogP contribution is -2.43. The van der Waals surface area contributed by atoms with Crippen LogP contribution in [0.25, 0.3) is 0 Å². The Hall–Kier alpha value is -1.61. The zero-order chi connectivity index (χ0) is 17.2. The summed E-state index contributed by atoms with van der Waals surface area (Å²) in [5.74, 6) is -5.40. The monoisotopic (exact) mass is 350 g/mol. The number of halogens is 3. The van der Waals surface area contributed by atoms with E-state index in [9.17, 15) is 26.4 Å². The number of benzene rings is 1. The lowest BCUT2D eigenvalue weighted by atomic mass is 10.2. The molecule has 1 N–H and O–H groups in total. The van der Waals surface area contributed by atoms with Crippen LogP contribution in [0.3, 0.4) is 0 Å². The summed E-state index contributed by atoms with van der Waals surface area (Å²) in [4.78, 5) is 12.0. The molecule has 1 fully saturated rings. The first-order valence-electron chi connectivity index (χ1n) is 7.10. The van der Waals surface area contributed by atoms with Crippen molar-refractivity contribution in [1.29, 1.82) is 0 Å². The van der Waals surface area contributed by atoms with Crippen molar-refractivity contribution in [3.05, 3.63) is 29.6 Å². The van der Waals surface area contributed by atoms with Gasteiger partial charge in [0.2, 0.25) is 15.9 Å². The summed E-state index contributed by atoms with van der Waals surface area (Å²) < 4.78 is 64.2. The van der Waals surface area contributed by atoms with Crippen LogP contribution < -0.4 is 5.32 Å². The van der Waals surface area contributed by atoms with Gasteiger partial charge in [0.25, 0.3) is 0 Å². The van der Waals surface area contributed by atoms with Gasteiger partial charge in [-0.1, -0.05) is 12.8 Å². The van der Waals surface area contributed by atoms with Crippen LogP contribution in [0.15, 0.2) is 12.1 Å². The summed E-state index contributed by atoms with van der Waals surface area (Å²) in [5, 5.41) is 2.08. The topological polar surface area (TPSA) is 66.5 Å². The Morgan fingerprint density at radius 1 is 1.22 bits per heavy atom. The minimum Gasteiger partial charge on any atom is -0.322 e. The lowest BCUT2D eigenvalue weighted by molar-refractivity contribution is -0.116. The molecule has 0 bridgehead atoms. The van der Waals surface area contributed by atoms with Crippen molar-refractivity contribution in [3.63, 3.8) is 0 Å². The van der Waals surface area contributed by atoms with E-state index >= 15 is 0 Å². The second kappa shape index (κ2) is 6.88. The number of sulfonamides is 1. The van der Waals surface area contributed by atoms with Gasteiger partial charge in [0.05, 0.1) is 18.5 Å². The molecule has 1 aromatic carbocycles. The number of amides is 1. The van der Waals surface area contributed by atoms with Crippen LogP contribution in [0, 0.1) is 17.5 Å². The molecule has 1 aromatic rings. The molecule has 128 valence electrons. The molecular weight excluding hydrogens is 333 g/mol. The van der Waals surface area contributed by atoms with Gasteiger partial charge in [-0.15, -0.1) is 0 Å². The Bertz CT molecular complexity index is 703. The minimum atomic E-state index is -3.62. The van der Waals surface area contributed by atoms with E-state index in [2.05, 4.69) is 5.32 Å². The highest BCUT2D eigenvalue weighted by atomic mass is 32.2. The summed E-state index contributed by atoms with van der Waals surface area (Å²) in [5.41, 5.74) is -0.534. The highest BCUT2D eigenvalue weighted by Crippen LogP contribution is 2.25. The molecule has 0 spiro atoms. The molecule has 0 aliphatic heterocycles. The normalized spacial score (nSPS) is 16.0.